The summed E-state index contributed by atoms with van der Waals surface area (Å²) in [5.74, 6) is 0.197. The summed E-state index contributed by atoms with van der Waals surface area (Å²) in [6.07, 6.45) is 1.45. The number of pyridine rings is 1. The number of hydrogen-bond donors (Lipinski definition) is 0. The highest BCUT2D eigenvalue weighted by atomic mass is 17.0. The average molecular weight is 154 g/mol. The zero-order valence-corrected chi connectivity index (χ0v) is 5.85. The molecule has 0 aliphatic carbocycles. The van der Waals surface area contributed by atoms with Gasteiger partial charge in [0.15, 0.2) is 0 Å². The van der Waals surface area contributed by atoms with E-state index in [9.17, 15) is 10.1 Å². The largest absolute Gasteiger partial charge is 0.299 e. The smallest absolute Gasteiger partial charge is 0.276 e. The lowest BCUT2D eigenvalue weighted by atomic mass is 10.4. The lowest BCUT2D eigenvalue weighted by molar-refractivity contribution is -0.711. The van der Waals surface area contributed by atoms with E-state index in [1.165, 1.54) is 18.3 Å². The summed E-state index contributed by atoms with van der Waals surface area (Å²) >= 11 is 0. The summed E-state index contributed by atoms with van der Waals surface area (Å²) in [7, 11) is 0. The number of hydrogen-bond acceptors (Lipinski definition) is 4. The Morgan fingerprint density at radius 3 is 3.00 bits per heavy atom. The third kappa shape index (κ3) is 2.21. The highest BCUT2D eigenvalue weighted by Gasteiger charge is 1.97. The van der Waals surface area contributed by atoms with Crippen LogP contribution in [0, 0.1) is 17.0 Å². The fourth-order valence-corrected chi connectivity index (χ4v) is 0.662. The van der Waals surface area contributed by atoms with Crippen LogP contribution in [-0.4, -0.2) is 10.1 Å². The van der Waals surface area contributed by atoms with Gasteiger partial charge in [-0.3, -0.25) is 9.82 Å². The molecule has 58 valence electrons. The van der Waals surface area contributed by atoms with Gasteiger partial charge in [0.2, 0.25) is 0 Å². The molecule has 0 bridgehead atoms. The first-order valence-electron chi connectivity index (χ1n) is 2.93. The molecule has 0 saturated carbocycles. The minimum atomic E-state index is -0.852. The zero-order valence-electron chi connectivity index (χ0n) is 5.85. The molecule has 0 N–H and O–H groups in total. The van der Waals surface area contributed by atoms with Gasteiger partial charge >= 0.3 is 0 Å². The van der Waals surface area contributed by atoms with Crippen molar-refractivity contribution in [3.05, 3.63) is 34.1 Å². The monoisotopic (exact) mass is 154 g/mol. The summed E-state index contributed by atoms with van der Waals surface area (Å²) in [6, 6.07) is 2.92. The van der Waals surface area contributed by atoms with Crippen LogP contribution >= 0.6 is 0 Å². The van der Waals surface area contributed by atoms with Crippen molar-refractivity contribution in [2.75, 3.05) is 0 Å². The van der Waals surface area contributed by atoms with Crippen LogP contribution in [0.25, 0.3) is 0 Å². The van der Waals surface area contributed by atoms with E-state index in [0.717, 1.165) is 0 Å². The predicted molar refractivity (Wildman–Crippen MR) is 36.6 cm³/mol. The van der Waals surface area contributed by atoms with Gasteiger partial charge in [0.25, 0.3) is 5.09 Å². The maximum Gasteiger partial charge on any atom is 0.299 e. The lowest BCUT2D eigenvalue weighted by Crippen LogP contribution is -2.03. The normalized spacial score (nSPS) is 9.18. The van der Waals surface area contributed by atoms with E-state index < -0.39 is 5.09 Å². The SMILES string of the molecule is Cc1cc(O[N+](=O)[O-])ccn1. The molecule has 0 aliphatic rings. The molecule has 5 nitrogen and oxygen atoms in total. The van der Waals surface area contributed by atoms with Crippen LogP contribution in [0.4, 0.5) is 0 Å². The van der Waals surface area contributed by atoms with E-state index >= 15 is 0 Å². The van der Waals surface area contributed by atoms with Crippen LogP contribution in [0.15, 0.2) is 18.3 Å². The van der Waals surface area contributed by atoms with Crippen LogP contribution in [0.1, 0.15) is 5.69 Å². The molecule has 0 aliphatic heterocycles. The highest BCUT2D eigenvalue weighted by molar-refractivity contribution is 5.20. The Hall–Kier alpha value is -1.65. The van der Waals surface area contributed by atoms with Crippen molar-refractivity contribution in [1.82, 2.24) is 4.98 Å². The second kappa shape index (κ2) is 2.96. The van der Waals surface area contributed by atoms with Crippen LogP contribution in [-0.2, 0) is 0 Å². The average Bonchev–Trinajstić information content (AvgIpc) is 1.85. The van der Waals surface area contributed by atoms with Crippen LogP contribution in [0.5, 0.6) is 5.75 Å². The minimum absolute atomic E-state index is 0.197. The van der Waals surface area contributed by atoms with E-state index in [1.54, 1.807) is 6.92 Å². The van der Waals surface area contributed by atoms with E-state index in [1.807, 2.05) is 0 Å². The number of rotatable bonds is 2. The summed E-state index contributed by atoms with van der Waals surface area (Å²) < 4.78 is 0. The van der Waals surface area contributed by atoms with Gasteiger partial charge in [-0.1, -0.05) is 0 Å². The molecule has 0 atom stereocenters. The summed E-state index contributed by atoms with van der Waals surface area (Å²) in [6.45, 7) is 1.73. The molecule has 0 aromatic carbocycles. The molecule has 0 unspecified atom stereocenters. The predicted octanol–water partition coefficient (Wildman–Crippen LogP) is 0.961. The molecule has 1 heterocycles. The first-order chi connectivity index (χ1) is 5.18. The van der Waals surface area contributed by atoms with Gasteiger partial charge in [0, 0.05) is 11.9 Å². The van der Waals surface area contributed by atoms with Crippen LogP contribution in [0.2, 0.25) is 0 Å². The first kappa shape index (κ1) is 7.46. The molecule has 11 heavy (non-hydrogen) atoms. The van der Waals surface area contributed by atoms with Gasteiger partial charge in [-0.2, -0.15) is 0 Å². The maximum absolute atomic E-state index is 9.84. The molecule has 0 spiro atoms. The summed E-state index contributed by atoms with van der Waals surface area (Å²) in [5.41, 5.74) is 0.685. The molecule has 1 aromatic heterocycles. The lowest BCUT2D eigenvalue weighted by Gasteiger charge is -1.96. The Bertz CT molecular complexity index is 274. The van der Waals surface area contributed by atoms with Gasteiger partial charge in [-0.15, -0.1) is 10.1 Å². The Labute approximate surface area is 62.7 Å². The Balaban J connectivity index is 2.79. The van der Waals surface area contributed by atoms with Crippen molar-refractivity contribution in [2.45, 2.75) is 6.92 Å². The number of aromatic nitrogens is 1. The van der Waals surface area contributed by atoms with Gasteiger partial charge in [-0.05, 0) is 19.1 Å². The molecule has 1 rings (SSSR count). The second-order valence-corrected chi connectivity index (χ2v) is 1.95. The second-order valence-electron chi connectivity index (χ2n) is 1.95. The van der Waals surface area contributed by atoms with Gasteiger partial charge in [0.1, 0.15) is 5.75 Å². The summed E-state index contributed by atoms with van der Waals surface area (Å²) in [4.78, 5) is 17.9. The molecule has 0 saturated heterocycles. The van der Waals surface area contributed by atoms with Gasteiger partial charge in [0.05, 0.1) is 0 Å². The van der Waals surface area contributed by atoms with Crippen molar-refractivity contribution in [1.29, 1.82) is 0 Å². The molecule has 5 heteroatoms. The van der Waals surface area contributed by atoms with E-state index in [-0.39, 0.29) is 5.75 Å². The number of nitrogens with zero attached hydrogens (tertiary/aromatic N) is 2. The van der Waals surface area contributed by atoms with Gasteiger partial charge < -0.3 is 0 Å². The molecule has 1 aromatic rings. The third-order valence-electron chi connectivity index (χ3n) is 1.05. The maximum atomic E-state index is 9.84. The van der Waals surface area contributed by atoms with Crippen molar-refractivity contribution >= 4 is 0 Å². The fourth-order valence-electron chi connectivity index (χ4n) is 0.662. The highest BCUT2D eigenvalue weighted by Crippen LogP contribution is 2.09. The van der Waals surface area contributed by atoms with E-state index in [0.29, 0.717) is 5.69 Å². The molecular formula is C6H6N2O3. The fraction of sp³-hybridized carbons (Fsp3) is 0.167. The van der Waals surface area contributed by atoms with Crippen molar-refractivity contribution in [3.8, 4) is 5.75 Å². The molecule has 0 radical (unpaired) electrons. The molecular weight excluding hydrogens is 148 g/mol. The molecule has 0 fully saturated rings. The Morgan fingerprint density at radius 1 is 1.73 bits per heavy atom. The Morgan fingerprint density at radius 2 is 2.45 bits per heavy atom. The molecule has 0 amide bonds. The first-order valence-corrected chi connectivity index (χ1v) is 2.93. The number of aryl methyl sites for hydroxylation is 1. The van der Waals surface area contributed by atoms with Crippen LogP contribution in [0.3, 0.4) is 0 Å². The van der Waals surface area contributed by atoms with Crippen molar-refractivity contribution in [3.63, 3.8) is 0 Å². The minimum Gasteiger partial charge on any atom is -0.276 e. The third-order valence-corrected chi connectivity index (χ3v) is 1.05. The van der Waals surface area contributed by atoms with E-state index in [4.69, 9.17) is 0 Å². The quantitative estimate of drug-likeness (QED) is 0.470. The topological polar surface area (TPSA) is 65.3 Å². The zero-order chi connectivity index (χ0) is 8.27. The van der Waals surface area contributed by atoms with Crippen molar-refractivity contribution in [2.24, 2.45) is 0 Å². The summed E-state index contributed by atoms with van der Waals surface area (Å²) in [5, 5.41) is 8.99. The van der Waals surface area contributed by atoms with E-state index in [2.05, 4.69) is 9.82 Å². The standard InChI is InChI=1S/C6H6N2O3/c1-5-4-6(2-3-7-5)11-8(9)10/h2-4H,1H3. The Kier molecular flexibility index (Phi) is 2.00. The van der Waals surface area contributed by atoms with Crippen LogP contribution < -0.4 is 4.84 Å². The van der Waals surface area contributed by atoms with Crippen molar-refractivity contribution < 1.29 is 9.92 Å². The van der Waals surface area contributed by atoms with Gasteiger partial charge in [-0.25, -0.2) is 0 Å².